The molecular weight excluding hydrogens is 396 g/mol. The van der Waals surface area contributed by atoms with E-state index in [1.807, 2.05) is 0 Å². The van der Waals surface area contributed by atoms with Gasteiger partial charge in [0.1, 0.15) is 11.5 Å². The predicted octanol–water partition coefficient (Wildman–Crippen LogP) is 4.22. The van der Waals surface area contributed by atoms with E-state index >= 15 is 0 Å². The number of nitrogens with one attached hydrogen (secondary N) is 1. The fraction of sp³-hybridized carbons (Fsp3) is 0.167. The Morgan fingerprint density at radius 1 is 0.968 bits per heavy atom. The molecule has 0 atom stereocenters. The van der Waals surface area contributed by atoms with Gasteiger partial charge in [-0.3, -0.25) is 19.4 Å². The van der Waals surface area contributed by atoms with Crippen LogP contribution in [0.1, 0.15) is 39.1 Å². The number of hydrogen-bond acceptors (Lipinski definition) is 6. The molecule has 158 valence electrons. The second-order valence-electron chi connectivity index (χ2n) is 6.80. The number of amides is 1. The molecule has 0 aliphatic heterocycles. The number of carbonyl (C=O) groups is 3. The lowest BCUT2D eigenvalue weighted by atomic mass is 10.1. The van der Waals surface area contributed by atoms with Crippen LogP contribution >= 0.6 is 0 Å². The Bertz CT molecular complexity index is 1080. The maximum atomic E-state index is 12.2. The third-order valence-electron chi connectivity index (χ3n) is 4.55. The van der Waals surface area contributed by atoms with Gasteiger partial charge in [0, 0.05) is 30.1 Å². The van der Waals surface area contributed by atoms with Crippen LogP contribution in [0.3, 0.4) is 0 Å². The number of pyridine rings is 1. The average molecular weight is 418 g/mol. The van der Waals surface area contributed by atoms with Crippen molar-refractivity contribution >= 4 is 23.3 Å². The zero-order valence-corrected chi connectivity index (χ0v) is 17.3. The maximum Gasteiger partial charge on any atom is 0.311 e. The molecule has 1 aromatic heterocycles. The van der Waals surface area contributed by atoms with Crippen LogP contribution in [0.5, 0.6) is 11.5 Å². The molecule has 0 bridgehead atoms. The Morgan fingerprint density at radius 3 is 2.39 bits per heavy atom. The van der Waals surface area contributed by atoms with Crippen molar-refractivity contribution in [3.05, 3.63) is 83.7 Å². The van der Waals surface area contributed by atoms with Crippen molar-refractivity contribution in [2.75, 3.05) is 12.4 Å². The van der Waals surface area contributed by atoms with Gasteiger partial charge in [-0.15, -0.1) is 0 Å². The number of nitrogens with zero attached hydrogens (tertiary/aromatic N) is 1. The van der Waals surface area contributed by atoms with Crippen molar-refractivity contribution in [1.82, 2.24) is 4.98 Å². The van der Waals surface area contributed by atoms with Crippen LogP contribution in [0.2, 0.25) is 0 Å². The molecule has 7 heteroatoms. The average Bonchev–Trinajstić information content (AvgIpc) is 2.80. The molecule has 31 heavy (non-hydrogen) atoms. The van der Waals surface area contributed by atoms with Gasteiger partial charge in [0.15, 0.2) is 5.78 Å². The van der Waals surface area contributed by atoms with Gasteiger partial charge in [-0.1, -0.05) is 0 Å². The number of anilines is 1. The molecule has 1 amide bonds. The zero-order valence-electron chi connectivity index (χ0n) is 17.3. The number of rotatable bonds is 8. The van der Waals surface area contributed by atoms with E-state index in [1.54, 1.807) is 74.8 Å². The minimum atomic E-state index is -0.503. The molecule has 0 unspecified atom stereocenters. The Labute approximate surface area is 180 Å². The predicted molar refractivity (Wildman–Crippen MR) is 116 cm³/mol. The topological polar surface area (TPSA) is 94.6 Å². The van der Waals surface area contributed by atoms with Gasteiger partial charge in [-0.05, 0) is 67.1 Å². The summed E-state index contributed by atoms with van der Waals surface area (Å²) in [5.41, 5.74) is 2.20. The highest BCUT2D eigenvalue weighted by molar-refractivity contribution is 6.04. The summed E-state index contributed by atoms with van der Waals surface area (Å²) in [4.78, 5) is 40.6. The van der Waals surface area contributed by atoms with Crippen LogP contribution in [-0.2, 0) is 4.79 Å². The van der Waals surface area contributed by atoms with Gasteiger partial charge in [-0.25, -0.2) is 0 Å². The highest BCUT2D eigenvalue weighted by Crippen LogP contribution is 2.23. The van der Waals surface area contributed by atoms with E-state index in [-0.39, 0.29) is 24.5 Å². The van der Waals surface area contributed by atoms with Gasteiger partial charge >= 0.3 is 5.97 Å². The first-order valence-corrected chi connectivity index (χ1v) is 9.66. The van der Waals surface area contributed by atoms with Crippen LogP contribution in [0.15, 0.2) is 67.0 Å². The number of hydrogen-bond donors (Lipinski definition) is 1. The largest absolute Gasteiger partial charge is 0.497 e. The summed E-state index contributed by atoms with van der Waals surface area (Å²) in [6, 6.07) is 15.0. The second kappa shape index (κ2) is 10.2. The normalized spacial score (nSPS) is 10.3. The third kappa shape index (κ3) is 5.99. The molecule has 1 heterocycles. The monoisotopic (exact) mass is 418 g/mol. The second-order valence-corrected chi connectivity index (χ2v) is 6.80. The molecule has 0 saturated heterocycles. The molecule has 0 saturated carbocycles. The summed E-state index contributed by atoms with van der Waals surface area (Å²) in [6.07, 6.45) is 3.08. The molecule has 0 aliphatic rings. The van der Waals surface area contributed by atoms with Crippen LogP contribution in [0.4, 0.5) is 5.69 Å². The Morgan fingerprint density at radius 2 is 1.74 bits per heavy atom. The van der Waals surface area contributed by atoms with Crippen LogP contribution in [0.25, 0.3) is 0 Å². The summed E-state index contributed by atoms with van der Waals surface area (Å²) in [6.45, 7) is 1.77. The first-order valence-electron chi connectivity index (χ1n) is 9.66. The fourth-order valence-electron chi connectivity index (χ4n) is 2.85. The van der Waals surface area contributed by atoms with Crippen molar-refractivity contribution in [2.45, 2.75) is 19.8 Å². The number of aromatic nitrogens is 1. The number of methoxy groups -OCH3 is 1. The van der Waals surface area contributed by atoms with E-state index < -0.39 is 5.97 Å². The molecule has 0 radical (unpaired) electrons. The minimum Gasteiger partial charge on any atom is -0.497 e. The molecule has 3 rings (SSSR count). The summed E-state index contributed by atoms with van der Waals surface area (Å²) in [5.74, 6) is 0.101. The SMILES string of the molecule is COc1ccc(C(=O)CCC(=O)Oc2ccc(NC(=O)c3cccnc3)cc2C)cc1. The van der Waals surface area contributed by atoms with Crippen molar-refractivity contribution < 1.29 is 23.9 Å². The van der Waals surface area contributed by atoms with E-state index in [4.69, 9.17) is 9.47 Å². The Hall–Kier alpha value is -4.00. The van der Waals surface area contributed by atoms with Crippen molar-refractivity contribution in [3.63, 3.8) is 0 Å². The number of aryl methyl sites for hydroxylation is 1. The van der Waals surface area contributed by atoms with Gasteiger partial charge < -0.3 is 14.8 Å². The summed E-state index contributed by atoms with van der Waals surface area (Å²) >= 11 is 0. The van der Waals surface area contributed by atoms with Crippen molar-refractivity contribution in [3.8, 4) is 11.5 Å². The standard InChI is InChI=1S/C24H22N2O5/c1-16-14-19(26-24(29)18-4-3-13-25-15-18)7-11-22(16)31-23(28)12-10-21(27)17-5-8-20(30-2)9-6-17/h3-9,11,13-15H,10,12H2,1-2H3,(H,26,29). The smallest absolute Gasteiger partial charge is 0.311 e. The van der Waals surface area contributed by atoms with Crippen LogP contribution < -0.4 is 14.8 Å². The maximum absolute atomic E-state index is 12.2. The fourth-order valence-corrected chi connectivity index (χ4v) is 2.85. The Balaban J connectivity index is 1.53. The van der Waals surface area contributed by atoms with E-state index in [1.165, 1.54) is 6.20 Å². The number of Topliss-reactive ketones (excluding diaryl/α,β-unsaturated/α-hetero) is 1. The molecule has 7 nitrogen and oxygen atoms in total. The molecule has 0 fully saturated rings. The first-order chi connectivity index (χ1) is 15.0. The number of carbonyl (C=O) groups excluding carboxylic acids is 3. The van der Waals surface area contributed by atoms with E-state index in [0.717, 1.165) is 0 Å². The number of benzene rings is 2. The summed E-state index contributed by atoms with van der Waals surface area (Å²) in [5, 5.41) is 2.77. The van der Waals surface area contributed by atoms with Crippen molar-refractivity contribution in [2.24, 2.45) is 0 Å². The van der Waals surface area contributed by atoms with Crippen LogP contribution in [0, 0.1) is 6.92 Å². The first kappa shape index (κ1) is 21.7. The van der Waals surface area contributed by atoms with E-state index in [9.17, 15) is 14.4 Å². The lowest BCUT2D eigenvalue weighted by Gasteiger charge is -2.10. The number of ketones is 1. The highest BCUT2D eigenvalue weighted by Gasteiger charge is 2.13. The molecule has 3 aromatic rings. The van der Waals surface area contributed by atoms with Crippen molar-refractivity contribution in [1.29, 1.82) is 0 Å². The molecule has 1 N–H and O–H groups in total. The zero-order chi connectivity index (χ0) is 22.2. The van der Waals surface area contributed by atoms with Gasteiger partial charge in [0.2, 0.25) is 0 Å². The lowest BCUT2D eigenvalue weighted by molar-refractivity contribution is -0.134. The third-order valence-corrected chi connectivity index (χ3v) is 4.55. The Kier molecular flexibility index (Phi) is 7.11. The molecular formula is C24H22N2O5. The minimum absolute atomic E-state index is 0.0379. The van der Waals surface area contributed by atoms with Gasteiger partial charge in [-0.2, -0.15) is 0 Å². The number of ether oxygens (including phenoxy) is 2. The van der Waals surface area contributed by atoms with Gasteiger partial charge in [0.25, 0.3) is 5.91 Å². The van der Waals surface area contributed by atoms with E-state index in [0.29, 0.717) is 33.9 Å². The highest BCUT2D eigenvalue weighted by atomic mass is 16.5. The van der Waals surface area contributed by atoms with E-state index in [2.05, 4.69) is 10.3 Å². The van der Waals surface area contributed by atoms with Gasteiger partial charge in [0.05, 0.1) is 19.1 Å². The van der Waals surface area contributed by atoms with Crippen LogP contribution in [-0.4, -0.2) is 29.8 Å². The number of esters is 1. The quantitative estimate of drug-likeness (QED) is 0.334. The lowest BCUT2D eigenvalue weighted by Crippen LogP contribution is -2.13. The molecule has 2 aromatic carbocycles. The molecule has 0 spiro atoms. The summed E-state index contributed by atoms with van der Waals surface area (Å²) in [7, 11) is 1.55. The molecule has 0 aliphatic carbocycles. The summed E-state index contributed by atoms with van der Waals surface area (Å²) < 4.78 is 10.4.